The van der Waals surface area contributed by atoms with E-state index in [2.05, 4.69) is 28.6 Å². The van der Waals surface area contributed by atoms with Crippen LogP contribution in [0.25, 0.3) is 0 Å². The molecular formula is C19H36N6O7S. The molecule has 0 aliphatic heterocycles. The second kappa shape index (κ2) is 17.1. The van der Waals surface area contributed by atoms with Crippen LogP contribution in [0.4, 0.5) is 0 Å². The molecule has 0 saturated carbocycles. The van der Waals surface area contributed by atoms with Gasteiger partial charge in [-0.2, -0.15) is 12.6 Å². The number of thiol groups is 1. The zero-order valence-corrected chi connectivity index (χ0v) is 19.4. The van der Waals surface area contributed by atoms with Crippen LogP contribution in [0.3, 0.4) is 0 Å². The van der Waals surface area contributed by atoms with E-state index in [0.717, 1.165) is 0 Å². The summed E-state index contributed by atoms with van der Waals surface area (Å²) in [7, 11) is 0. The molecule has 33 heavy (non-hydrogen) atoms. The van der Waals surface area contributed by atoms with Gasteiger partial charge in [-0.3, -0.25) is 19.2 Å². The van der Waals surface area contributed by atoms with E-state index in [1.807, 2.05) is 0 Å². The number of rotatable bonds is 18. The predicted octanol–water partition coefficient (Wildman–Crippen LogP) is -2.48. The maximum atomic E-state index is 12.8. The van der Waals surface area contributed by atoms with E-state index >= 15 is 0 Å². The molecule has 0 aromatic heterocycles. The van der Waals surface area contributed by atoms with Gasteiger partial charge in [-0.15, -0.1) is 0 Å². The Morgan fingerprint density at radius 2 is 1.21 bits per heavy atom. The van der Waals surface area contributed by atoms with Gasteiger partial charge in [0.25, 0.3) is 0 Å². The molecule has 0 bridgehead atoms. The third-order valence-electron chi connectivity index (χ3n) is 4.69. The van der Waals surface area contributed by atoms with Gasteiger partial charge in [0.05, 0.1) is 12.5 Å². The molecule has 190 valence electrons. The van der Waals surface area contributed by atoms with E-state index in [4.69, 9.17) is 27.4 Å². The monoisotopic (exact) mass is 492 g/mol. The number of nitrogens with one attached hydrogen (secondary N) is 3. The fraction of sp³-hybridized carbons (Fsp3) is 0.737. The molecule has 14 heteroatoms. The van der Waals surface area contributed by atoms with E-state index in [0.29, 0.717) is 45.2 Å². The Kier molecular flexibility index (Phi) is 15.9. The van der Waals surface area contributed by atoms with Gasteiger partial charge in [-0.25, -0.2) is 4.79 Å². The maximum Gasteiger partial charge on any atom is 0.327 e. The smallest absolute Gasteiger partial charge is 0.327 e. The molecule has 3 amide bonds. The summed E-state index contributed by atoms with van der Waals surface area (Å²) in [6.07, 6.45) is 1.91. The zero-order valence-electron chi connectivity index (χ0n) is 18.5. The van der Waals surface area contributed by atoms with Gasteiger partial charge in [0.15, 0.2) is 0 Å². The quantitative estimate of drug-likeness (QED) is 0.0720. The van der Waals surface area contributed by atoms with Crippen molar-refractivity contribution in [2.24, 2.45) is 17.2 Å². The van der Waals surface area contributed by atoms with Crippen molar-refractivity contribution in [2.45, 2.75) is 69.1 Å². The molecular weight excluding hydrogens is 456 g/mol. The Hall–Kier alpha value is -2.42. The van der Waals surface area contributed by atoms with Crippen molar-refractivity contribution >= 4 is 42.3 Å². The predicted molar refractivity (Wildman–Crippen MR) is 123 cm³/mol. The number of hydrogen-bond donors (Lipinski definition) is 9. The summed E-state index contributed by atoms with van der Waals surface area (Å²) in [5.41, 5.74) is 16.7. The fourth-order valence-corrected chi connectivity index (χ4v) is 3.04. The molecule has 0 aromatic rings. The van der Waals surface area contributed by atoms with Crippen LogP contribution in [-0.2, 0) is 24.0 Å². The highest BCUT2D eigenvalue weighted by atomic mass is 32.1. The lowest BCUT2D eigenvalue weighted by Gasteiger charge is -2.24. The van der Waals surface area contributed by atoms with E-state index in [1.54, 1.807) is 0 Å². The fourth-order valence-electron chi connectivity index (χ4n) is 2.79. The van der Waals surface area contributed by atoms with Gasteiger partial charge >= 0.3 is 11.9 Å². The second-order valence-corrected chi connectivity index (χ2v) is 7.84. The standard InChI is InChI=1S/C19H36N6O7S/c20-7-3-1-5-11(22)16(28)24-13(9-15(26)27)18(30)23-12(6-2-4-8-21)17(29)25-14(10-33)19(31)32/h11-14,33H,1-10,20-22H2,(H,23,30)(H,24,28)(H,25,29)(H,26,27)(H,31,32). The lowest BCUT2D eigenvalue weighted by molar-refractivity contribution is -0.142. The van der Waals surface area contributed by atoms with E-state index in [9.17, 15) is 24.0 Å². The van der Waals surface area contributed by atoms with Crippen LogP contribution < -0.4 is 33.2 Å². The molecule has 0 rings (SSSR count). The van der Waals surface area contributed by atoms with E-state index in [-0.39, 0.29) is 12.2 Å². The van der Waals surface area contributed by atoms with Crippen molar-refractivity contribution in [2.75, 3.05) is 18.8 Å². The summed E-state index contributed by atoms with van der Waals surface area (Å²) < 4.78 is 0. The van der Waals surface area contributed by atoms with Gasteiger partial charge in [0.2, 0.25) is 17.7 Å². The first-order chi connectivity index (χ1) is 15.6. The first kappa shape index (κ1) is 30.6. The molecule has 0 aromatic carbocycles. The van der Waals surface area contributed by atoms with Gasteiger partial charge in [0, 0.05) is 5.75 Å². The molecule has 13 nitrogen and oxygen atoms in total. The SMILES string of the molecule is NCCCCC(N)C(=O)NC(CC(=O)O)C(=O)NC(CCCCN)C(=O)NC(CS)C(=O)O. The Bertz CT molecular complexity index is 667. The van der Waals surface area contributed by atoms with Crippen LogP contribution in [0.2, 0.25) is 0 Å². The number of carboxylic acids is 2. The van der Waals surface area contributed by atoms with Crippen molar-refractivity contribution in [3.05, 3.63) is 0 Å². The number of nitrogens with two attached hydrogens (primary N) is 3. The lowest BCUT2D eigenvalue weighted by atomic mass is 10.1. The minimum Gasteiger partial charge on any atom is -0.481 e. The first-order valence-corrected chi connectivity index (χ1v) is 11.3. The molecule has 11 N–H and O–H groups in total. The van der Waals surface area contributed by atoms with Crippen LogP contribution >= 0.6 is 12.6 Å². The number of unbranched alkanes of at least 4 members (excludes halogenated alkanes) is 2. The van der Waals surface area contributed by atoms with Crippen LogP contribution in [-0.4, -0.2) is 82.9 Å². The number of hydrogen-bond acceptors (Lipinski definition) is 9. The maximum absolute atomic E-state index is 12.8. The Morgan fingerprint density at radius 3 is 1.70 bits per heavy atom. The van der Waals surface area contributed by atoms with Gasteiger partial charge in [-0.05, 0) is 45.2 Å². The number of carbonyl (C=O) groups is 5. The number of aliphatic carboxylic acids is 2. The van der Waals surface area contributed by atoms with Crippen LogP contribution in [0.1, 0.15) is 44.9 Å². The van der Waals surface area contributed by atoms with Crippen molar-refractivity contribution in [3.63, 3.8) is 0 Å². The lowest BCUT2D eigenvalue weighted by Crippen LogP contribution is -2.57. The topological polar surface area (TPSA) is 240 Å². The molecule has 4 unspecified atom stereocenters. The Balaban J connectivity index is 5.35. The Morgan fingerprint density at radius 1 is 0.727 bits per heavy atom. The van der Waals surface area contributed by atoms with Gasteiger partial charge in [0.1, 0.15) is 18.1 Å². The zero-order chi connectivity index (χ0) is 25.4. The van der Waals surface area contributed by atoms with Crippen molar-refractivity contribution in [1.82, 2.24) is 16.0 Å². The van der Waals surface area contributed by atoms with Crippen molar-refractivity contribution in [1.29, 1.82) is 0 Å². The third-order valence-corrected chi connectivity index (χ3v) is 5.06. The summed E-state index contributed by atoms with van der Waals surface area (Å²) >= 11 is 3.88. The highest BCUT2D eigenvalue weighted by Gasteiger charge is 2.31. The molecule has 0 radical (unpaired) electrons. The number of carboxylic acid groups (broad SMARTS) is 2. The van der Waals surface area contributed by atoms with Gasteiger partial charge in [-0.1, -0.05) is 6.42 Å². The van der Waals surface area contributed by atoms with Crippen molar-refractivity contribution < 1.29 is 34.2 Å². The molecule has 0 spiro atoms. The molecule has 0 aliphatic carbocycles. The van der Waals surface area contributed by atoms with Crippen LogP contribution in [0.5, 0.6) is 0 Å². The normalized spacial score (nSPS) is 14.4. The number of carbonyl (C=O) groups excluding carboxylic acids is 3. The average molecular weight is 493 g/mol. The molecule has 0 heterocycles. The largest absolute Gasteiger partial charge is 0.481 e. The highest BCUT2D eigenvalue weighted by Crippen LogP contribution is 2.05. The molecule has 0 fully saturated rings. The molecule has 4 atom stereocenters. The van der Waals surface area contributed by atoms with E-state index in [1.165, 1.54) is 0 Å². The van der Waals surface area contributed by atoms with Crippen LogP contribution in [0, 0.1) is 0 Å². The highest BCUT2D eigenvalue weighted by molar-refractivity contribution is 7.80. The summed E-state index contributed by atoms with van der Waals surface area (Å²) in [6, 6.07) is -4.90. The molecule has 0 aliphatic rings. The minimum absolute atomic E-state index is 0.125. The third kappa shape index (κ3) is 13.0. The average Bonchev–Trinajstić information content (AvgIpc) is 2.75. The molecule has 0 saturated heterocycles. The van der Waals surface area contributed by atoms with Gasteiger partial charge < -0.3 is 43.4 Å². The van der Waals surface area contributed by atoms with Crippen LogP contribution in [0.15, 0.2) is 0 Å². The summed E-state index contributed by atoms with van der Waals surface area (Å²) in [5.74, 6) is -5.23. The van der Waals surface area contributed by atoms with E-state index < -0.39 is 60.2 Å². The summed E-state index contributed by atoms with van der Waals surface area (Å²) in [5, 5.41) is 25.2. The summed E-state index contributed by atoms with van der Waals surface area (Å²) in [4.78, 5) is 60.1. The Labute approximate surface area is 198 Å². The summed E-state index contributed by atoms with van der Waals surface area (Å²) in [6.45, 7) is 0.776. The first-order valence-electron chi connectivity index (χ1n) is 10.7. The van der Waals surface area contributed by atoms with Crippen molar-refractivity contribution in [3.8, 4) is 0 Å². The number of amides is 3. The minimum atomic E-state index is -1.49. The second-order valence-electron chi connectivity index (χ2n) is 7.48.